The number of likely N-dealkylation sites (tertiary alicyclic amines) is 1. The minimum atomic E-state index is -0.0291. The van der Waals surface area contributed by atoms with Crippen molar-refractivity contribution in [1.29, 1.82) is 0 Å². The molecule has 7 nitrogen and oxygen atoms in total. The quantitative estimate of drug-likeness (QED) is 0.361. The summed E-state index contributed by atoms with van der Waals surface area (Å²) in [6.45, 7) is 14.0. The molecule has 0 radical (unpaired) electrons. The molecule has 1 aromatic carbocycles. The van der Waals surface area contributed by atoms with Gasteiger partial charge in [-0.2, -0.15) is 0 Å². The van der Waals surface area contributed by atoms with Gasteiger partial charge in [0.1, 0.15) is 0 Å². The van der Waals surface area contributed by atoms with E-state index in [1.54, 1.807) is 0 Å². The lowest BCUT2D eigenvalue weighted by Gasteiger charge is -2.39. The molecule has 2 atom stereocenters. The number of carbonyl (C=O) groups excluding carboxylic acids is 1. The zero-order valence-electron chi connectivity index (χ0n) is 20.1. The van der Waals surface area contributed by atoms with Gasteiger partial charge in [0.05, 0.1) is 12.1 Å². The van der Waals surface area contributed by atoms with E-state index in [1.807, 2.05) is 23.1 Å². The van der Waals surface area contributed by atoms with Crippen molar-refractivity contribution in [3.8, 4) is 0 Å². The summed E-state index contributed by atoms with van der Waals surface area (Å²) in [6, 6.07) is 10.3. The highest BCUT2D eigenvalue weighted by atomic mass is 16.5. The summed E-state index contributed by atoms with van der Waals surface area (Å²) in [7, 11) is 0. The molecule has 2 aliphatic rings. The van der Waals surface area contributed by atoms with Crippen molar-refractivity contribution >= 4 is 11.9 Å². The molecule has 1 aromatic rings. The molecule has 1 N–H and O–H groups in total. The van der Waals surface area contributed by atoms with Crippen LogP contribution in [-0.2, 0) is 9.53 Å². The van der Waals surface area contributed by atoms with Gasteiger partial charge < -0.3 is 19.9 Å². The van der Waals surface area contributed by atoms with Gasteiger partial charge in [-0.15, -0.1) is 0 Å². The minimum absolute atomic E-state index is 0.0291. The lowest BCUT2D eigenvalue weighted by molar-refractivity contribution is -0.135. The van der Waals surface area contributed by atoms with E-state index in [-0.39, 0.29) is 12.1 Å². The first-order valence-corrected chi connectivity index (χ1v) is 12.3. The molecule has 3 rings (SSSR count). The second-order valence-corrected chi connectivity index (χ2v) is 8.74. The van der Waals surface area contributed by atoms with Gasteiger partial charge in [0.25, 0.3) is 0 Å². The Balaban J connectivity index is 1.41. The Bertz CT molecular complexity index is 712. The highest BCUT2D eigenvalue weighted by Crippen LogP contribution is 2.16. The van der Waals surface area contributed by atoms with Gasteiger partial charge in [0.2, 0.25) is 5.91 Å². The van der Waals surface area contributed by atoms with E-state index in [0.29, 0.717) is 12.5 Å². The Morgan fingerprint density at radius 2 is 1.72 bits per heavy atom. The standard InChI is InChI=1S/C25H41N5O2/c1-4-26-25(27-13-10-20-32-22(3)23-11-6-5-7-12-23)30-18-16-28(17-19-30)21(2)24(31)29-14-8-9-15-29/h5-7,11-12,21-22H,4,8-10,13-20H2,1-3H3,(H,26,27). The summed E-state index contributed by atoms with van der Waals surface area (Å²) in [6.07, 6.45) is 3.29. The van der Waals surface area contributed by atoms with Crippen molar-refractivity contribution in [2.24, 2.45) is 4.99 Å². The van der Waals surface area contributed by atoms with Gasteiger partial charge in [-0.25, -0.2) is 0 Å². The molecule has 1 amide bonds. The number of ether oxygens (including phenoxy) is 1. The molecule has 7 heteroatoms. The molecule has 0 aliphatic carbocycles. The zero-order valence-corrected chi connectivity index (χ0v) is 20.1. The first-order chi connectivity index (χ1) is 15.6. The van der Waals surface area contributed by atoms with E-state index >= 15 is 0 Å². The highest BCUT2D eigenvalue weighted by Gasteiger charge is 2.30. The number of nitrogens with zero attached hydrogens (tertiary/aromatic N) is 4. The monoisotopic (exact) mass is 443 g/mol. The fourth-order valence-electron chi connectivity index (χ4n) is 4.43. The average molecular weight is 444 g/mol. The third kappa shape index (κ3) is 6.94. The summed E-state index contributed by atoms with van der Waals surface area (Å²) in [5.74, 6) is 1.27. The third-order valence-corrected chi connectivity index (χ3v) is 6.47. The van der Waals surface area contributed by atoms with Crippen LogP contribution in [0.3, 0.4) is 0 Å². The maximum atomic E-state index is 12.7. The molecular formula is C25H41N5O2. The Morgan fingerprint density at radius 1 is 1.03 bits per heavy atom. The van der Waals surface area contributed by atoms with Gasteiger partial charge in [0.15, 0.2) is 5.96 Å². The Labute approximate surface area is 193 Å². The number of amides is 1. The molecule has 0 spiro atoms. The smallest absolute Gasteiger partial charge is 0.239 e. The van der Waals surface area contributed by atoms with Crippen molar-refractivity contribution in [3.63, 3.8) is 0 Å². The first-order valence-electron chi connectivity index (χ1n) is 12.3. The summed E-state index contributed by atoms with van der Waals surface area (Å²) in [4.78, 5) is 24.2. The van der Waals surface area contributed by atoms with Crippen LogP contribution in [0, 0.1) is 0 Å². The van der Waals surface area contributed by atoms with Crippen molar-refractivity contribution < 1.29 is 9.53 Å². The molecule has 0 aromatic heterocycles. The molecule has 0 bridgehead atoms. The van der Waals surface area contributed by atoms with Crippen LogP contribution < -0.4 is 5.32 Å². The molecule has 2 fully saturated rings. The van der Waals surface area contributed by atoms with Crippen LogP contribution in [0.5, 0.6) is 0 Å². The van der Waals surface area contributed by atoms with E-state index in [2.05, 4.69) is 48.0 Å². The van der Waals surface area contributed by atoms with Crippen LogP contribution in [0.1, 0.15) is 51.7 Å². The molecule has 32 heavy (non-hydrogen) atoms. The number of guanidine groups is 1. The Kier molecular flexibility index (Phi) is 9.81. The van der Waals surface area contributed by atoms with Gasteiger partial charge in [0, 0.05) is 59.0 Å². The normalized spacial score (nSPS) is 19.8. The van der Waals surface area contributed by atoms with Crippen molar-refractivity contribution in [3.05, 3.63) is 35.9 Å². The van der Waals surface area contributed by atoms with E-state index in [0.717, 1.165) is 77.6 Å². The third-order valence-electron chi connectivity index (χ3n) is 6.47. The van der Waals surface area contributed by atoms with Gasteiger partial charge in [-0.1, -0.05) is 30.3 Å². The maximum Gasteiger partial charge on any atom is 0.239 e. The molecule has 2 heterocycles. The number of benzene rings is 1. The van der Waals surface area contributed by atoms with Gasteiger partial charge in [-0.05, 0) is 45.6 Å². The van der Waals surface area contributed by atoms with Crippen LogP contribution in [0.25, 0.3) is 0 Å². The number of rotatable bonds is 9. The second kappa shape index (κ2) is 12.8. The largest absolute Gasteiger partial charge is 0.374 e. The molecular weight excluding hydrogens is 402 g/mol. The fraction of sp³-hybridized carbons (Fsp3) is 0.680. The molecule has 178 valence electrons. The zero-order chi connectivity index (χ0) is 22.8. The van der Waals surface area contributed by atoms with Crippen LogP contribution in [0.15, 0.2) is 35.3 Å². The number of hydrogen-bond donors (Lipinski definition) is 1. The Hall–Kier alpha value is -2.12. The number of nitrogens with one attached hydrogen (secondary N) is 1. The molecule has 2 unspecified atom stereocenters. The predicted octanol–water partition coefficient (Wildman–Crippen LogP) is 2.75. The number of aliphatic imine (C=N–C) groups is 1. The van der Waals surface area contributed by atoms with Crippen LogP contribution in [0.2, 0.25) is 0 Å². The number of carbonyl (C=O) groups is 1. The average Bonchev–Trinajstić information content (AvgIpc) is 3.38. The molecule has 2 saturated heterocycles. The molecule has 2 aliphatic heterocycles. The number of hydrogen-bond acceptors (Lipinski definition) is 4. The summed E-state index contributed by atoms with van der Waals surface area (Å²) in [5, 5.41) is 3.43. The first kappa shape index (κ1) is 24.5. The van der Waals surface area contributed by atoms with E-state index in [1.165, 1.54) is 5.56 Å². The lowest BCUT2D eigenvalue weighted by Crippen LogP contribution is -2.57. The van der Waals surface area contributed by atoms with Crippen molar-refractivity contribution in [2.45, 2.75) is 52.2 Å². The Morgan fingerprint density at radius 3 is 2.38 bits per heavy atom. The second-order valence-electron chi connectivity index (χ2n) is 8.74. The van der Waals surface area contributed by atoms with E-state index < -0.39 is 0 Å². The van der Waals surface area contributed by atoms with E-state index in [9.17, 15) is 4.79 Å². The summed E-state index contributed by atoms with van der Waals surface area (Å²) in [5.41, 5.74) is 1.21. The van der Waals surface area contributed by atoms with Crippen LogP contribution in [0.4, 0.5) is 0 Å². The van der Waals surface area contributed by atoms with Gasteiger partial charge >= 0.3 is 0 Å². The SMILES string of the molecule is CCNC(=NCCCOC(C)c1ccccc1)N1CCN(C(C)C(=O)N2CCCC2)CC1. The van der Waals surface area contributed by atoms with Crippen molar-refractivity contribution in [1.82, 2.24) is 20.0 Å². The highest BCUT2D eigenvalue weighted by molar-refractivity contribution is 5.82. The van der Waals surface area contributed by atoms with Crippen LogP contribution >= 0.6 is 0 Å². The fourth-order valence-corrected chi connectivity index (χ4v) is 4.43. The van der Waals surface area contributed by atoms with Crippen molar-refractivity contribution in [2.75, 3.05) is 59.0 Å². The predicted molar refractivity (Wildman–Crippen MR) is 130 cm³/mol. The minimum Gasteiger partial charge on any atom is -0.374 e. The van der Waals surface area contributed by atoms with Gasteiger partial charge in [-0.3, -0.25) is 14.7 Å². The maximum absolute atomic E-state index is 12.7. The topological polar surface area (TPSA) is 60.4 Å². The summed E-state index contributed by atoms with van der Waals surface area (Å²) < 4.78 is 5.97. The van der Waals surface area contributed by atoms with Crippen LogP contribution in [-0.4, -0.2) is 91.6 Å². The number of piperazine rings is 1. The van der Waals surface area contributed by atoms with E-state index in [4.69, 9.17) is 9.73 Å². The summed E-state index contributed by atoms with van der Waals surface area (Å²) >= 11 is 0. The molecule has 0 saturated carbocycles. The lowest BCUT2D eigenvalue weighted by atomic mass is 10.1.